The predicted molar refractivity (Wildman–Crippen MR) is 119 cm³/mol. The third kappa shape index (κ3) is 3.37. The molecule has 0 saturated carbocycles. The standard InChI is InChI=1S/C23H23N3O5S/c1-14-3-5-18-19(11-23(27)28)24-26(20(18)9-14)21-13-25(12-15(21)2)32(29,30)17-4-6-22-16(10-17)7-8-31-22/h3-10,15,21H,11-13H2,1-2H3,(H,27,28)/t15-,21+/m1/s1. The fourth-order valence-electron chi connectivity index (χ4n) is 4.51. The van der Waals surface area contributed by atoms with Gasteiger partial charge in [-0.2, -0.15) is 9.40 Å². The minimum absolute atomic E-state index is 0.00345. The van der Waals surface area contributed by atoms with Crippen molar-refractivity contribution in [2.24, 2.45) is 5.92 Å². The van der Waals surface area contributed by atoms with Crippen molar-refractivity contribution in [3.05, 3.63) is 60.0 Å². The number of nitrogens with zero attached hydrogens (tertiary/aromatic N) is 3. The van der Waals surface area contributed by atoms with Crippen LogP contribution in [0.15, 0.2) is 58.0 Å². The zero-order chi connectivity index (χ0) is 22.6. The molecule has 2 aromatic carbocycles. The number of aliphatic carboxylic acids is 1. The highest BCUT2D eigenvalue weighted by atomic mass is 32.2. The Labute approximate surface area is 185 Å². The van der Waals surface area contributed by atoms with Crippen molar-refractivity contribution in [2.75, 3.05) is 13.1 Å². The van der Waals surface area contributed by atoms with E-state index in [4.69, 9.17) is 4.42 Å². The van der Waals surface area contributed by atoms with Gasteiger partial charge in [0.15, 0.2) is 0 Å². The van der Waals surface area contributed by atoms with Gasteiger partial charge >= 0.3 is 5.97 Å². The Morgan fingerprint density at radius 2 is 2.00 bits per heavy atom. The molecule has 0 amide bonds. The van der Waals surface area contributed by atoms with Crippen LogP contribution in [0.1, 0.15) is 24.2 Å². The van der Waals surface area contributed by atoms with Crippen molar-refractivity contribution in [1.29, 1.82) is 0 Å². The van der Waals surface area contributed by atoms with Crippen LogP contribution < -0.4 is 0 Å². The second-order valence-electron chi connectivity index (χ2n) is 8.47. The second kappa shape index (κ2) is 7.46. The molecule has 0 bridgehead atoms. The number of hydrogen-bond acceptors (Lipinski definition) is 5. The summed E-state index contributed by atoms with van der Waals surface area (Å²) in [6.07, 6.45) is 1.36. The molecule has 5 rings (SSSR count). The summed E-state index contributed by atoms with van der Waals surface area (Å²) in [5, 5.41) is 15.5. The molecule has 1 aliphatic rings. The van der Waals surface area contributed by atoms with Gasteiger partial charge in [0.2, 0.25) is 10.0 Å². The Kier molecular flexibility index (Phi) is 4.83. The Hall–Kier alpha value is -3.17. The third-order valence-electron chi connectivity index (χ3n) is 6.17. The molecule has 0 radical (unpaired) electrons. The molecule has 0 spiro atoms. The molecule has 3 heterocycles. The molecule has 9 heteroatoms. The molecule has 1 N–H and O–H groups in total. The van der Waals surface area contributed by atoms with Crippen LogP contribution >= 0.6 is 0 Å². The summed E-state index contributed by atoms with van der Waals surface area (Å²) in [5.74, 6) is -0.945. The smallest absolute Gasteiger partial charge is 0.309 e. The van der Waals surface area contributed by atoms with Gasteiger partial charge in [-0.1, -0.05) is 19.1 Å². The summed E-state index contributed by atoms with van der Waals surface area (Å²) in [5.41, 5.74) is 2.99. The Morgan fingerprint density at radius 1 is 1.19 bits per heavy atom. The first-order valence-electron chi connectivity index (χ1n) is 10.4. The van der Waals surface area contributed by atoms with Crippen molar-refractivity contribution in [2.45, 2.75) is 31.2 Å². The molecule has 0 aliphatic carbocycles. The maximum Gasteiger partial charge on any atom is 0.309 e. The number of carbonyl (C=O) groups is 1. The van der Waals surface area contributed by atoms with Crippen molar-refractivity contribution in [3.63, 3.8) is 0 Å². The Bertz CT molecular complexity index is 1450. The zero-order valence-electron chi connectivity index (χ0n) is 17.7. The largest absolute Gasteiger partial charge is 0.481 e. The lowest BCUT2D eigenvalue weighted by Crippen LogP contribution is -2.29. The maximum atomic E-state index is 13.4. The van der Waals surface area contributed by atoms with Gasteiger partial charge < -0.3 is 9.52 Å². The van der Waals surface area contributed by atoms with E-state index in [1.54, 1.807) is 24.3 Å². The molecule has 1 aliphatic heterocycles. The van der Waals surface area contributed by atoms with E-state index in [1.165, 1.54) is 10.6 Å². The number of benzene rings is 2. The summed E-state index contributed by atoms with van der Waals surface area (Å²) in [7, 11) is -3.70. The highest BCUT2D eigenvalue weighted by Crippen LogP contribution is 2.35. The molecule has 32 heavy (non-hydrogen) atoms. The summed E-state index contributed by atoms with van der Waals surface area (Å²) in [6, 6.07) is 12.2. The second-order valence-corrected chi connectivity index (χ2v) is 10.4. The van der Waals surface area contributed by atoms with Crippen molar-refractivity contribution >= 4 is 37.9 Å². The highest BCUT2D eigenvalue weighted by molar-refractivity contribution is 7.89. The normalized spacial score (nSPS) is 19.8. The number of fused-ring (bicyclic) bond motifs is 2. The Balaban J connectivity index is 1.52. The highest BCUT2D eigenvalue weighted by Gasteiger charge is 2.39. The molecular weight excluding hydrogens is 430 g/mol. The molecule has 8 nitrogen and oxygen atoms in total. The first kappa shape index (κ1) is 20.7. The molecule has 2 atom stereocenters. The van der Waals surface area contributed by atoms with Gasteiger partial charge in [-0.3, -0.25) is 9.48 Å². The minimum atomic E-state index is -3.70. The van der Waals surface area contributed by atoms with E-state index in [0.29, 0.717) is 17.8 Å². The van der Waals surface area contributed by atoms with Crippen LogP contribution in [-0.4, -0.2) is 46.7 Å². The van der Waals surface area contributed by atoms with Gasteiger partial charge in [0.1, 0.15) is 5.58 Å². The van der Waals surface area contributed by atoms with Gasteiger partial charge in [0.25, 0.3) is 0 Å². The lowest BCUT2D eigenvalue weighted by Gasteiger charge is -2.18. The fourth-order valence-corrected chi connectivity index (χ4v) is 6.11. The predicted octanol–water partition coefficient (Wildman–Crippen LogP) is 3.60. The summed E-state index contributed by atoms with van der Waals surface area (Å²) in [4.78, 5) is 11.6. The lowest BCUT2D eigenvalue weighted by molar-refractivity contribution is -0.136. The molecular formula is C23H23N3O5S. The monoisotopic (exact) mass is 453 g/mol. The van der Waals surface area contributed by atoms with Crippen LogP contribution in [0.2, 0.25) is 0 Å². The molecule has 1 saturated heterocycles. The van der Waals surface area contributed by atoms with E-state index in [1.807, 2.05) is 36.7 Å². The summed E-state index contributed by atoms with van der Waals surface area (Å²) in [6.45, 7) is 4.59. The van der Waals surface area contributed by atoms with Crippen LogP contribution in [0.25, 0.3) is 21.9 Å². The van der Waals surface area contributed by atoms with Gasteiger partial charge in [0.05, 0.1) is 34.8 Å². The van der Waals surface area contributed by atoms with Gasteiger partial charge in [0, 0.05) is 23.9 Å². The lowest BCUT2D eigenvalue weighted by atomic mass is 10.1. The van der Waals surface area contributed by atoms with Crippen molar-refractivity contribution in [3.8, 4) is 0 Å². The van der Waals surface area contributed by atoms with E-state index in [-0.39, 0.29) is 29.8 Å². The maximum absolute atomic E-state index is 13.4. The quantitative estimate of drug-likeness (QED) is 0.495. The summed E-state index contributed by atoms with van der Waals surface area (Å²) >= 11 is 0. The van der Waals surface area contributed by atoms with Crippen molar-refractivity contribution in [1.82, 2.24) is 14.1 Å². The SMILES string of the molecule is Cc1ccc2c(CC(=O)O)nn([C@H]3CN(S(=O)(=O)c4ccc5occc5c4)C[C@H]3C)c2c1. The number of furan rings is 1. The van der Waals surface area contributed by atoms with Gasteiger partial charge in [-0.05, 0) is 48.7 Å². The van der Waals surface area contributed by atoms with E-state index in [9.17, 15) is 18.3 Å². The minimum Gasteiger partial charge on any atom is -0.481 e. The number of rotatable bonds is 5. The first-order chi connectivity index (χ1) is 15.2. The molecule has 0 unspecified atom stereocenters. The van der Waals surface area contributed by atoms with Gasteiger partial charge in [-0.15, -0.1) is 0 Å². The zero-order valence-corrected chi connectivity index (χ0v) is 18.5. The summed E-state index contributed by atoms with van der Waals surface area (Å²) < 4.78 is 35.4. The number of hydrogen-bond donors (Lipinski definition) is 1. The number of aryl methyl sites for hydroxylation is 1. The van der Waals surface area contributed by atoms with E-state index >= 15 is 0 Å². The van der Waals surface area contributed by atoms with Crippen LogP contribution in [0, 0.1) is 12.8 Å². The van der Waals surface area contributed by atoms with Crippen LogP contribution in [0.5, 0.6) is 0 Å². The number of carboxylic acids is 1. The number of carboxylic acid groups (broad SMARTS) is 1. The van der Waals surface area contributed by atoms with Crippen LogP contribution in [-0.2, 0) is 21.2 Å². The molecule has 166 valence electrons. The van der Waals surface area contributed by atoms with Crippen LogP contribution in [0.4, 0.5) is 0 Å². The fraction of sp³-hybridized carbons (Fsp3) is 0.304. The molecule has 4 aromatic rings. The topological polar surface area (TPSA) is 106 Å². The number of sulfonamides is 1. The molecule has 1 fully saturated rings. The van der Waals surface area contributed by atoms with Gasteiger partial charge in [-0.25, -0.2) is 8.42 Å². The first-order valence-corrected chi connectivity index (χ1v) is 11.8. The number of aromatic nitrogens is 2. The average Bonchev–Trinajstić information content (AvgIpc) is 3.44. The van der Waals surface area contributed by atoms with E-state index in [0.717, 1.165) is 21.9 Å². The van der Waals surface area contributed by atoms with Crippen molar-refractivity contribution < 1.29 is 22.7 Å². The third-order valence-corrected chi connectivity index (χ3v) is 8.00. The van der Waals surface area contributed by atoms with E-state index in [2.05, 4.69) is 5.10 Å². The van der Waals surface area contributed by atoms with E-state index < -0.39 is 16.0 Å². The Morgan fingerprint density at radius 3 is 2.78 bits per heavy atom. The van der Waals surface area contributed by atoms with Crippen LogP contribution in [0.3, 0.4) is 0 Å². The molecule has 2 aromatic heterocycles. The average molecular weight is 454 g/mol.